The maximum absolute atomic E-state index is 11.5. The quantitative estimate of drug-likeness (QED) is 0.828. The highest BCUT2D eigenvalue weighted by molar-refractivity contribution is 5.96. The summed E-state index contributed by atoms with van der Waals surface area (Å²) in [6.07, 6.45) is 0.824. The Morgan fingerprint density at radius 3 is 2.65 bits per heavy atom. The molecule has 6 heteroatoms. The zero-order chi connectivity index (χ0) is 14.9. The van der Waals surface area contributed by atoms with Crippen LogP contribution in [0.4, 0.5) is 0 Å². The number of carbonyl (C=O) groups excluding carboxylic acids is 1. The molecule has 1 heterocycles. The molecule has 2 N–H and O–H groups in total. The van der Waals surface area contributed by atoms with E-state index < -0.39 is 18.0 Å². The largest absolute Gasteiger partial charge is 0.480 e. The van der Waals surface area contributed by atoms with Crippen molar-refractivity contribution in [1.82, 2.24) is 4.57 Å². The van der Waals surface area contributed by atoms with E-state index in [1.165, 1.54) is 11.7 Å². The van der Waals surface area contributed by atoms with E-state index in [-0.39, 0.29) is 6.54 Å². The third kappa shape index (κ3) is 2.50. The van der Waals surface area contributed by atoms with Gasteiger partial charge in [0.2, 0.25) is 0 Å². The number of benzene rings is 1. The number of hydrogen-bond donors (Lipinski definition) is 2. The number of aliphatic hydroxyl groups is 1. The van der Waals surface area contributed by atoms with Crippen molar-refractivity contribution < 1.29 is 24.5 Å². The minimum Gasteiger partial charge on any atom is -0.480 e. The number of carbonyl (C=O) groups is 2. The van der Waals surface area contributed by atoms with E-state index in [0.717, 1.165) is 0 Å². The molecule has 2 rings (SSSR count). The van der Waals surface area contributed by atoms with Gasteiger partial charge in [-0.25, -0.2) is 4.79 Å². The summed E-state index contributed by atoms with van der Waals surface area (Å²) >= 11 is 0. The zero-order valence-electron chi connectivity index (χ0n) is 11.2. The molecule has 0 spiro atoms. The fraction of sp³-hybridized carbons (Fsp3) is 0.286. The standard InChI is InChI=1S/C14H15NO5/c1-8(16)11-6-15(7-13(17)18)12-4-3-9(5-10(11)12)14(19)20-2/h3-6,8,16H,7H2,1-2H3,(H,17,18). The smallest absolute Gasteiger partial charge is 0.337 e. The first kappa shape index (κ1) is 14.1. The van der Waals surface area contributed by atoms with Crippen LogP contribution in [0.1, 0.15) is 28.9 Å². The number of methoxy groups -OCH3 is 1. The van der Waals surface area contributed by atoms with Gasteiger partial charge < -0.3 is 19.5 Å². The molecule has 6 nitrogen and oxygen atoms in total. The lowest BCUT2D eigenvalue weighted by Gasteiger charge is -2.04. The molecule has 1 unspecified atom stereocenters. The van der Waals surface area contributed by atoms with Crippen molar-refractivity contribution in [2.24, 2.45) is 0 Å². The van der Waals surface area contributed by atoms with E-state index >= 15 is 0 Å². The van der Waals surface area contributed by atoms with Gasteiger partial charge in [-0.3, -0.25) is 4.79 Å². The molecular weight excluding hydrogens is 262 g/mol. The molecule has 0 amide bonds. The van der Waals surface area contributed by atoms with Gasteiger partial charge >= 0.3 is 11.9 Å². The molecule has 106 valence electrons. The summed E-state index contributed by atoms with van der Waals surface area (Å²) in [7, 11) is 1.29. The monoisotopic (exact) mass is 277 g/mol. The minimum absolute atomic E-state index is 0.208. The Labute approximate surface area is 115 Å². The van der Waals surface area contributed by atoms with Crippen LogP contribution in [0.2, 0.25) is 0 Å². The Morgan fingerprint density at radius 1 is 1.40 bits per heavy atom. The van der Waals surface area contributed by atoms with Gasteiger partial charge in [-0.05, 0) is 25.1 Å². The van der Waals surface area contributed by atoms with Crippen LogP contribution < -0.4 is 0 Å². The highest BCUT2D eigenvalue weighted by Gasteiger charge is 2.16. The number of ether oxygens (including phenoxy) is 1. The SMILES string of the molecule is COC(=O)c1ccc2c(c1)c(C(C)O)cn2CC(=O)O. The molecule has 0 saturated carbocycles. The predicted octanol–water partition coefficient (Wildman–Crippen LogP) is 1.57. The van der Waals surface area contributed by atoms with Gasteiger partial charge in [0.15, 0.2) is 0 Å². The maximum Gasteiger partial charge on any atom is 0.337 e. The molecule has 2 aromatic rings. The number of carboxylic acid groups (broad SMARTS) is 1. The summed E-state index contributed by atoms with van der Waals surface area (Å²) in [6.45, 7) is 1.38. The number of hydrogen-bond acceptors (Lipinski definition) is 4. The number of aliphatic carboxylic acids is 1. The number of fused-ring (bicyclic) bond motifs is 1. The molecule has 0 aliphatic rings. The van der Waals surface area contributed by atoms with Crippen molar-refractivity contribution in [3.63, 3.8) is 0 Å². The van der Waals surface area contributed by atoms with E-state index in [9.17, 15) is 14.7 Å². The van der Waals surface area contributed by atoms with E-state index in [4.69, 9.17) is 5.11 Å². The summed E-state index contributed by atoms with van der Waals surface area (Å²) in [5.74, 6) is -1.45. The van der Waals surface area contributed by atoms with Gasteiger partial charge in [0.1, 0.15) is 6.54 Å². The Kier molecular flexibility index (Phi) is 3.76. The number of esters is 1. The van der Waals surface area contributed by atoms with E-state index in [1.807, 2.05) is 0 Å². The van der Waals surface area contributed by atoms with E-state index in [2.05, 4.69) is 4.74 Å². The van der Waals surface area contributed by atoms with Gasteiger partial charge in [0.05, 0.1) is 18.8 Å². The molecule has 0 fully saturated rings. The maximum atomic E-state index is 11.5. The molecule has 20 heavy (non-hydrogen) atoms. The van der Waals surface area contributed by atoms with Gasteiger partial charge in [0.25, 0.3) is 0 Å². The molecule has 0 bridgehead atoms. The van der Waals surface area contributed by atoms with Crippen molar-refractivity contribution in [3.8, 4) is 0 Å². The predicted molar refractivity (Wildman–Crippen MR) is 71.5 cm³/mol. The second-order valence-electron chi connectivity index (χ2n) is 4.51. The van der Waals surface area contributed by atoms with Crippen LogP contribution in [0.5, 0.6) is 0 Å². The van der Waals surface area contributed by atoms with Crippen molar-refractivity contribution in [1.29, 1.82) is 0 Å². The van der Waals surface area contributed by atoms with Crippen LogP contribution in [0.15, 0.2) is 24.4 Å². The van der Waals surface area contributed by atoms with Crippen molar-refractivity contribution >= 4 is 22.8 Å². The van der Waals surface area contributed by atoms with Crippen LogP contribution in [-0.2, 0) is 16.1 Å². The van der Waals surface area contributed by atoms with Gasteiger partial charge in [0, 0.05) is 22.7 Å². The summed E-state index contributed by atoms with van der Waals surface area (Å²) in [6, 6.07) is 4.82. The molecule has 1 atom stereocenters. The molecular formula is C14H15NO5. The molecule has 0 saturated heterocycles. The zero-order valence-corrected chi connectivity index (χ0v) is 11.2. The highest BCUT2D eigenvalue weighted by Crippen LogP contribution is 2.27. The first-order valence-electron chi connectivity index (χ1n) is 6.05. The third-order valence-corrected chi connectivity index (χ3v) is 3.09. The third-order valence-electron chi connectivity index (χ3n) is 3.09. The molecule has 0 radical (unpaired) electrons. The number of aliphatic hydroxyl groups excluding tert-OH is 1. The number of rotatable bonds is 4. The van der Waals surface area contributed by atoms with Crippen LogP contribution in [0.3, 0.4) is 0 Å². The summed E-state index contributed by atoms with van der Waals surface area (Å²) in [5, 5.41) is 19.3. The van der Waals surface area contributed by atoms with Crippen LogP contribution in [0.25, 0.3) is 10.9 Å². The summed E-state index contributed by atoms with van der Waals surface area (Å²) in [5.41, 5.74) is 1.58. The average Bonchev–Trinajstić information content (AvgIpc) is 2.75. The fourth-order valence-electron chi connectivity index (χ4n) is 2.18. The second-order valence-corrected chi connectivity index (χ2v) is 4.51. The lowest BCUT2D eigenvalue weighted by Crippen LogP contribution is -2.07. The van der Waals surface area contributed by atoms with Crippen LogP contribution >= 0.6 is 0 Å². The van der Waals surface area contributed by atoms with Gasteiger partial charge in [-0.1, -0.05) is 0 Å². The molecule has 1 aromatic carbocycles. The fourth-order valence-corrected chi connectivity index (χ4v) is 2.18. The number of aromatic nitrogens is 1. The lowest BCUT2D eigenvalue weighted by molar-refractivity contribution is -0.137. The van der Waals surface area contributed by atoms with E-state index in [0.29, 0.717) is 22.0 Å². The summed E-state index contributed by atoms with van der Waals surface area (Å²) < 4.78 is 6.18. The van der Waals surface area contributed by atoms with Crippen LogP contribution in [0, 0.1) is 0 Å². The number of carboxylic acids is 1. The Hall–Kier alpha value is -2.34. The number of nitrogens with zero attached hydrogens (tertiary/aromatic N) is 1. The van der Waals surface area contributed by atoms with Crippen LogP contribution in [-0.4, -0.2) is 33.8 Å². The minimum atomic E-state index is -0.976. The second kappa shape index (κ2) is 5.34. The van der Waals surface area contributed by atoms with Gasteiger partial charge in [-0.15, -0.1) is 0 Å². The van der Waals surface area contributed by atoms with Crippen molar-refractivity contribution in [2.75, 3.05) is 7.11 Å². The lowest BCUT2D eigenvalue weighted by atomic mass is 10.1. The molecule has 1 aromatic heterocycles. The molecule has 0 aliphatic heterocycles. The topological polar surface area (TPSA) is 88.8 Å². The highest BCUT2D eigenvalue weighted by atomic mass is 16.5. The summed E-state index contributed by atoms with van der Waals surface area (Å²) in [4.78, 5) is 22.4. The Bertz CT molecular complexity index is 671. The average molecular weight is 277 g/mol. The van der Waals surface area contributed by atoms with Crippen molar-refractivity contribution in [2.45, 2.75) is 19.6 Å². The van der Waals surface area contributed by atoms with Crippen molar-refractivity contribution in [3.05, 3.63) is 35.5 Å². The Morgan fingerprint density at radius 2 is 2.10 bits per heavy atom. The normalized spacial score (nSPS) is 12.3. The molecule has 0 aliphatic carbocycles. The first-order chi connectivity index (χ1) is 9.43. The van der Waals surface area contributed by atoms with Gasteiger partial charge in [-0.2, -0.15) is 0 Å². The Balaban J connectivity index is 2.63. The first-order valence-corrected chi connectivity index (χ1v) is 6.05. The van der Waals surface area contributed by atoms with E-state index in [1.54, 1.807) is 31.3 Å².